The number of carbonyl (C=O) groups excluding carboxylic acids is 1. The Kier molecular flexibility index (Phi) is 5.40. The fourth-order valence-electron chi connectivity index (χ4n) is 5.09. The summed E-state index contributed by atoms with van der Waals surface area (Å²) >= 11 is 5.96. The number of hydrogen-bond donors (Lipinski definition) is 1. The van der Waals surface area contributed by atoms with E-state index >= 15 is 0 Å². The van der Waals surface area contributed by atoms with E-state index in [1.807, 2.05) is 24.4 Å². The van der Waals surface area contributed by atoms with E-state index in [2.05, 4.69) is 15.2 Å². The van der Waals surface area contributed by atoms with Crippen molar-refractivity contribution in [3.8, 4) is 0 Å². The van der Waals surface area contributed by atoms with Crippen LogP contribution in [0.3, 0.4) is 0 Å². The zero-order chi connectivity index (χ0) is 21.4. The SMILES string of the molecule is O=C(Nc1ccc(Cl)cc1)C1(N2CCC(c3ccnc4ccc(F)cc34)CC2)CCC1. The van der Waals surface area contributed by atoms with Gasteiger partial charge in [-0.1, -0.05) is 11.6 Å². The number of piperidine rings is 1. The number of likely N-dealkylation sites (tertiary alicyclic amines) is 1. The normalized spacial score (nSPS) is 19.2. The molecule has 0 bridgehead atoms. The summed E-state index contributed by atoms with van der Waals surface area (Å²) in [4.78, 5) is 20.0. The molecule has 1 saturated heterocycles. The van der Waals surface area contributed by atoms with E-state index in [9.17, 15) is 9.18 Å². The molecule has 2 fully saturated rings. The van der Waals surface area contributed by atoms with E-state index < -0.39 is 5.54 Å². The number of fused-ring (bicyclic) bond motifs is 1. The van der Waals surface area contributed by atoms with Crippen LogP contribution in [0, 0.1) is 5.82 Å². The van der Waals surface area contributed by atoms with E-state index in [0.29, 0.717) is 10.9 Å². The van der Waals surface area contributed by atoms with Gasteiger partial charge in [0.1, 0.15) is 11.4 Å². The average Bonchev–Trinajstić information content (AvgIpc) is 2.75. The minimum atomic E-state index is -0.420. The lowest BCUT2D eigenvalue weighted by atomic mass is 9.72. The number of nitrogens with one attached hydrogen (secondary N) is 1. The molecule has 2 aromatic carbocycles. The van der Waals surface area contributed by atoms with Crippen molar-refractivity contribution >= 4 is 34.1 Å². The van der Waals surface area contributed by atoms with E-state index in [-0.39, 0.29) is 11.7 Å². The molecule has 0 spiro atoms. The highest BCUT2D eigenvalue weighted by Gasteiger charge is 2.49. The molecule has 1 saturated carbocycles. The van der Waals surface area contributed by atoms with Gasteiger partial charge in [0.15, 0.2) is 0 Å². The maximum absolute atomic E-state index is 13.9. The quantitative estimate of drug-likeness (QED) is 0.563. The molecule has 160 valence electrons. The number of pyridine rings is 1. The summed E-state index contributed by atoms with van der Waals surface area (Å²) in [5.74, 6) is 0.197. The monoisotopic (exact) mass is 437 g/mol. The number of carbonyl (C=O) groups is 1. The van der Waals surface area contributed by atoms with Crippen molar-refractivity contribution in [2.45, 2.75) is 43.6 Å². The van der Waals surface area contributed by atoms with E-state index in [0.717, 1.165) is 67.3 Å². The molecule has 1 aromatic heterocycles. The lowest BCUT2D eigenvalue weighted by Gasteiger charge is -2.51. The third-order valence-electron chi connectivity index (χ3n) is 6.98. The molecule has 6 heteroatoms. The van der Waals surface area contributed by atoms with Crippen molar-refractivity contribution in [3.63, 3.8) is 0 Å². The van der Waals surface area contributed by atoms with Crippen LogP contribution in [0.1, 0.15) is 43.6 Å². The van der Waals surface area contributed by atoms with Gasteiger partial charge in [-0.2, -0.15) is 0 Å². The molecule has 1 amide bonds. The lowest BCUT2D eigenvalue weighted by Crippen LogP contribution is -2.62. The maximum Gasteiger partial charge on any atom is 0.244 e. The first-order valence-corrected chi connectivity index (χ1v) is 11.3. The fraction of sp³-hybridized carbons (Fsp3) is 0.360. The summed E-state index contributed by atoms with van der Waals surface area (Å²) in [7, 11) is 0. The van der Waals surface area contributed by atoms with Crippen LogP contribution in [-0.2, 0) is 4.79 Å². The first-order chi connectivity index (χ1) is 15.0. The summed E-state index contributed by atoms with van der Waals surface area (Å²) in [5.41, 5.74) is 2.36. The van der Waals surface area contributed by atoms with Gasteiger partial charge < -0.3 is 5.32 Å². The molecule has 5 rings (SSSR count). The third kappa shape index (κ3) is 3.81. The smallest absolute Gasteiger partial charge is 0.244 e. The first kappa shape index (κ1) is 20.4. The highest BCUT2D eigenvalue weighted by Crippen LogP contribution is 2.43. The predicted molar refractivity (Wildman–Crippen MR) is 122 cm³/mol. The Morgan fingerprint density at radius 3 is 2.52 bits per heavy atom. The molecule has 1 aliphatic heterocycles. The number of anilines is 1. The number of benzene rings is 2. The number of halogens is 2. The van der Waals surface area contributed by atoms with Gasteiger partial charge in [-0.05, 0) is 105 Å². The molecular formula is C25H25ClFN3O. The molecule has 0 atom stereocenters. The Morgan fingerprint density at radius 1 is 1.10 bits per heavy atom. The molecule has 2 heterocycles. The molecular weight excluding hydrogens is 413 g/mol. The zero-order valence-corrected chi connectivity index (χ0v) is 18.0. The van der Waals surface area contributed by atoms with E-state index in [1.54, 1.807) is 24.3 Å². The zero-order valence-electron chi connectivity index (χ0n) is 17.3. The largest absolute Gasteiger partial charge is 0.324 e. The van der Waals surface area contributed by atoms with Gasteiger partial charge in [0.05, 0.1) is 5.52 Å². The van der Waals surface area contributed by atoms with Crippen molar-refractivity contribution < 1.29 is 9.18 Å². The van der Waals surface area contributed by atoms with Crippen LogP contribution in [0.15, 0.2) is 54.7 Å². The highest BCUT2D eigenvalue weighted by atomic mass is 35.5. The first-order valence-electron chi connectivity index (χ1n) is 10.9. The lowest BCUT2D eigenvalue weighted by molar-refractivity contribution is -0.135. The van der Waals surface area contributed by atoms with Gasteiger partial charge in [-0.15, -0.1) is 0 Å². The topological polar surface area (TPSA) is 45.2 Å². The Balaban J connectivity index is 1.31. The third-order valence-corrected chi connectivity index (χ3v) is 7.23. The molecule has 4 nitrogen and oxygen atoms in total. The number of aromatic nitrogens is 1. The van der Waals surface area contributed by atoms with Gasteiger partial charge in [0, 0.05) is 22.3 Å². The standard InChI is InChI=1S/C25H25ClFN3O/c26-18-2-5-20(6-3-18)29-24(31)25(11-1-12-25)30-14-9-17(10-15-30)21-8-13-28-23-7-4-19(27)16-22(21)23/h2-8,13,16-17H,1,9-12,14-15H2,(H,29,31). The van der Waals surface area contributed by atoms with Crippen LogP contribution < -0.4 is 5.32 Å². The second-order valence-electron chi connectivity index (χ2n) is 8.67. The second-order valence-corrected chi connectivity index (χ2v) is 9.11. The molecule has 0 radical (unpaired) electrons. The summed E-state index contributed by atoms with van der Waals surface area (Å²) in [5, 5.41) is 4.65. The van der Waals surface area contributed by atoms with Crippen LogP contribution in [0.2, 0.25) is 5.02 Å². The minimum absolute atomic E-state index is 0.0796. The van der Waals surface area contributed by atoms with Crippen LogP contribution in [0.25, 0.3) is 10.9 Å². The average molecular weight is 438 g/mol. The number of nitrogens with zero attached hydrogens (tertiary/aromatic N) is 2. The Bertz CT molecular complexity index is 1110. The van der Waals surface area contributed by atoms with Crippen molar-refractivity contribution in [1.29, 1.82) is 0 Å². The Hall–Kier alpha value is -2.50. The van der Waals surface area contributed by atoms with Gasteiger partial charge >= 0.3 is 0 Å². The number of rotatable bonds is 4. The Labute approximate surface area is 186 Å². The van der Waals surface area contributed by atoms with Crippen molar-refractivity contribution in [2.75, 3.05) is 18.4 Å². The second kappa shape index (κ2) is 8.21. The molecule has 2 aliphatic rings. The summed E-state index contributed by atoms with van der Waals surface area (Å²) < 4.78 is 13.9. The molecule has 31 heavy (non-hydrogen) atoms. The number of amides is 1. The number of hydrogen-bond acceptors (Lipinski definition) is 3. The highest BCUT2D eigenvalue weighted by molar-refractivity contribution is 6.30. The van der Waals surface area contributed by atoms with Crippen LogP contribution in [-0.4, -0.2) is 34.4 Å². The molecule has 1 aliphatic carbocycles. The fourth-order valence-corrected chi connectivity index (χ4v) is 5.22. The molecule has 0 unspecified atom stereocenters. The molecule has 1 N–H and O–H groups in total. The summed E-state index contributed by atoms with van der Waals surface area (Å²) in [6.45, 7) is 1.72. The molecule has 3 aromatic rings. The van der Waals surface area contributed by atoms with Crippen molar-refractivity contribution in [1.82, 2.24) is 9.88 Å². The van der Waals surface area contributed by atoms with Gasteiger partial charge in [0.2, 0.25) is 5.91 Å². The minimum Gasteiger partial charge on any atom is -0.324 e. The van der Waals surface area contributed by atoms with Gasteiger partial charge in [0.25, 0.3) is 0 Å². The van der Waals surface area contributed by atoms with E-state index in [1.165, 1.54) is 6.07 Å². The van der Waals surface area contributed by atoms with Crippen molar-refractivity contribution in [3.05, 3.63) is 71.1 Å². The van der Waals surface area contributed by atoms with Crippen molar-refractivity contribution in [2.24, 2.45) is 0 Å². The van der Waals surface area contributed by atoms with Crippen LogP contribution in [0.5, 0.6) is 0 Å². The van der Waals surface area contributed by atoms with E-state index in [4.69, 9.17) is 11.6 Å². The van der Waals surface area contributed by atoms with Crippen LogP contribution in [0.4, 0.5) is 10.1 Å². The summed E-state index contributed by atoms with van der Waals surface area (Å²) in [6, 6.07) is 14.1. The predicted octanol–water partition coefficient (Wildman–Crippen LogP) is 5.77. The maximum atomic E-state index is 13.9. The summed E-state index contributed by atoms with van der Waals surface area (Å²) in [6.07, 6.45) is 6.56. The Morgan fingerprint density at radius 2 is 1.84 bits per heavy atom. The van der Waals surface area contributed by atoms with Crippen LogP contribution >= 0.6 is 11.6 Å². The van der Waals surface area contributed by atoms with Gasteiger partial charge in [-0.3, -0.25) is 14.7 Å². The van der Waals surface area contributed by atoms with Gasteiger partial charge in [-0.25, -0.2) is 4.39 Å².